The Morgan fingerprint density at radius 1 is 1.60 bits per heavy atom. The molecule has 0 aliphatic rings. The van der Waals surface area contributed by atoms with Crippen LogP contribution >= 0.6 is 0 Å². The van der Waals surface area contributed by atoms with Crippen LogP contribution in [0.15, 0.2) is 0 Å². The van der Waals surface area contributed by atoms with Gasteiger partial charge in [-0.25, -0.2) is 0 Å². The Bertz CT molecular complexity index is 80.1. The molecule has 0 saturated carbocycles. The number of nitrogens with two attached hydrogens (primary N) is 1. The molecule has 4 heteroatoms. The number of nitrogens with zero attached hydrogens (tertiary/aromatic N) is 1. The molecule has 0 aromatic heterocycles. The van der Waals surface area contributed by atoms with E-state index in [0.29, 0.717) is 5.67 Å². The van der Waals surface area contributed by atoms with E-state index in [9.17, 15) is 4.11 Å². The molecule has 0 aromatic rings. The minimum Gasteiger partial charge on any atom is -0.324 e. The maximum atomic E-state index is 11.9. The Hall–Kier alpha value is 0.0669. The molecule has 0 fully saturated rings. The maximum absolute atomic E-state index is 11.9. The van der Waals surface area contributed by atoms with Crippen molar-refractivity contribution in [3.05, 3.63) is 5.67 Å². The lowest BCUT2D eigenvalue weighted by molar-refractivity contribution is 0.398. The summed E-state index contributed by atoms with van der Waals surface area (Å²) in [4.78, 5) is 2.08. The summed E-state index contributed by atoms with van der Waals surface area (Å²) >= 11 is 0. The van der Waals surface area contributed by atoms with E-state index in [4.69, 9.17) is 5.73 Å². The lowest BCUT2D eigenvalue weighted by Gasteiger charge is -2.09. The molecule has 0 aliphatic carbocycles. The Balaban J connectivity index is 3.03. The highest BCUT2D eigenvalue weighted by Crippen LogP contribution is 2.00. The van der Waals surface area contributed by atoms with Crippen LogP contribution in [-0.4, -0.2) is 35.4 Å². The van der Waals surface area contributed by atoms with Gasteiger partial charge in [-0.15, -0.1) is 0 Å². The third-order valence-corrected chi connectivity index (χ3v) is 1.97. The van der Waals surface area contributed by atoms with Crippen molar-refractivity contribution in [1.82, 2.24) is 4.90 Å². The number of hydrogen-bond acceptors (Lipinski definition) is 2. The van der Waals surface area contributed by atoms with Crippen molar-refractivity contribution < 1.29 is 4.11 Å². The molecule has 0 amide bonds. The molecule has 0 unspecified atom stereocenters. The van der Waals surface area contributed by atoms with E-state index in [-0.39, 0.29) is 0 Å². The zero-order valence-corrected chi connectivity index (χ0v) is 8.15. The summed E-state index contributed by atoms with van der Waals surface area (Å²) in [7, 11) is 2.48. The average Bonchev–Trinajstić information content (AvgIpc) is 1.87. The molecule has 0 heterocycles. The van der Waals surface area contributed by atoms with Crippen LogP contribution in [0.3, 0.4) is 0 Å². The van der Waals surface area contributed by atoms with E-state index < -0.39 is 9.85 Å². The van der Waals surface area contributed by atoms with E-state index in [1.807, 2.05) is 14.1 Å². The number of rotatable bonds is 5. The second kappa shape index (κ2) is 5.82. The van der Waals surface area contributed by atoms with Crippen LogP contribution in [-0.2, 0) is 0 Å². The molecule has 0 bridgehead atoms. The fourth-order valence-electron chi connectivity index (χ4n) is 0.689. The average molecular weight is 163 g/mol. The fourth-order valence-corrected chi connectivity index (χ4v) is 1.07. The molecule has 2 nitrogen and oxygen atoms in total. The zero-order valence-electron chi connectivity index (χ0n) is 6.73. The van der Waals surface area contributed by atoms with Gasteiger partial charge in [-0.2, -0.15) is 0 Å². The summed E-state index contributed by atoms with van der Waals surface area (Å²) in [6.07, 6.45) is 1.75. The first-order chi connectivity index (χ1) is 4.66. The highest BCUT2D eigenvalue weighted by atomic mass is 28.3. The molecule has 61 valence electrons. The van der Waals surface area contributed by atoms with Gasteiger partial charge in [0.1, 0.15) is 0 Å². The van der Waals surface area contributed by atoms with Crippen LogP contribution in [0, 0.1) is 5.67 Å². The van der Waals surface area contributed by atoms with Crippen molar-refractivity contribution in [2.24, 2.45) is 5.73 Å². The topological polar surface area (TPSA) is 29.3 Å². The maximum Gasteiger partial charge on any atom is 0.237 e. The lowest BCUT2D eigenvalue weighted by atomic mass is 10.3. The van der Waals surface area contributed by atoms with Gasteiger partial charge >= 0.3 is 0 Å². The second-order valence-electron chi connectivity index (χ2n) is 2.70. The molecule has 1 radical (unpaired) electrons. The molecule has 10 heavy (non-hydrogen) atoms. The Labute approximate surface area is 64.6 Å². The second-order valence-corrected chi connectivity index (χ2v) is 3.87. The molecule has 0 aliphatic heterocycles. The third kappa shape index (κ3) is 6.19. The van der Waals surface area contributed by atoms with Crippen molar-refractivity contribution >= 4 is 9.85 Å². The summed E-state index contributed by atoms with van der Waals surface area (Å²) in [6, 6.07) is 0. The normalized spacial score (nSPS) is 12.6. The Morgan fingerprint density at radius 2 is 2.20 bits per heavy atom. The van der Waals surface area contributed by atoms with Gasteiger partial charge in [-0.3, -0.25) is 0 Å². The van der Waals surface area contributed by atoms with Gasteiger partial charge in [0.15, 0.2) is 0 Å². The monoisotopic (exact) mass is 163 g/mol. The zero-order chi connectivity index (χ0) is 7.98. The Morgan fingerprint density at radius 3 is 2.60 bits per heavy atom. The third-order valence-electron chi connectivity index (χ3n) is 1.27. The Kier molecular flexibility index (Phi) is 5.86. The van der Waals surface area contributed by atoms with Crippen LogP contribution in [0.4, 0.5) is 4.11 Å². The quantitative estimate of drug-likeness (QED) is 0.450. The van der Waals surface area contributed by atoms with Crippen molar-refractivity contribution in [3.63, 3.8) is 0 Å². The summed E-state index contributed by atoms with van der Waals surface area (Å²) in [6.45, 7) is 0.995. The van der Waals surface area contributed by atoms with Crippen LogP contribution < -0.4 is 5.73 Å². The summed E-state index contributed by atoms with van der Waals surface area (Å²) in [5.74, 6) is 0. The summed E-state index contributed by atoms with van der Waals surface area (Å²) in [5, 5.41) is 0. The summed E-state index contributed by atoms with van der Waals surface area (Å²) < 4.78 is 11.9. The molecule has 0 rings (SSSR count). The molecule has 0 atom stereocenters. The van der Waals surface area contributed by atoms with Gasteiger partial charge in [0.2, 0.25) is 9.85 Å². The molecular weight excluding hydrogens is 147 g/mol. The smallest absolute Gasteiger partial charge is 0.237 e. The first kappa shape index (κ1) is 10.1. The van der Waals surface area contributed by atoms with Gasteiger partial charge in [0.05, 0.1) is 5.67 Å². The van der Waals surface area contributed by atoms with Gasteiger partial charge < -0.3 is 14.7 Å². The van der Waals surface area contributed by atoms with E-state index in [1.54, 1.807) is 0 Å². The molecule has 2 N–H and O–H groups in total. The van der Waals surface area contributed by atoms with Crippen LogP contribution in [0.25, 0.3) is 0 Å². The van der Waals surface area contributed by atoms with Crippen molar-refractivity contribution in [2.75, 3.05) is 20.6 Å². The summed E-state index contributed by atoms with van der Waals surface area (Å²) in [5.41, 5.74) is 5.94. The van der Waals surface area contributed by atoms with Gasteiger partial charge in [0.25, 0.3) is 0 Å². The lowest BCUT2D eigenvalue weighted by Crippen LogP contribution is -2.18. The van der Waals surface area contributed by atoms with Crippen molar-refractivity contribution in [2.45, 2.75) is 12.8 Å². The predicted molar refractivity (Wildman–Crippen MR) is 44.9 cm³/mol. The van der Waals surface area contributed by atoms with Crippen LogP contribution in [0.5, 0.6) is 0 Å². The first-order valence-corrected chi connectivity index (χ1v) is 4.72. The molecule has 0 saturated heterocycles. The van der Waals surface area contributed by atoms with Gasteiger partial charge in [-0.05, 0) is 33.5 Å². The minimum absolute atomic E-state index is 0.599. The molecule has 0 spiro atoms. The van der Waals surface area contributed by atoms with E-state index in [0.717, 1.165) is 19.4 Å². The van der Waals surface area contributed by atoms with E-state index >= 15 is 0 Å². The van der Waals surface area contributed by atoms with Crippen molar-refractivity contribution in [1.29, 1.82) is 0 Å². The van der Waals surface area contributed by atoms with E-state index in [1.165, 1.54) is 0 Å². The van der Waals surface area contributed by atoms with Crippen molar-refractivity contribution in [3.8, 4) is 0 Å². The number of halogens is 1. The highest BCUT2D eigenvalue weighted by Gasteiger charge is 2.02. The molecule has 0 aromatic carbocycles. The minimum atomic E-state index is -1.53. The van der Waals surface area contributed by atoms with Crippen LogP contribution in [0.1, 0.15) is 12.8 Å². The highest BCUT2D eigenvalue weighted by molar-refractivity contribution is 6.34. The standard InChI is InChI=1S/C6H16FN2Si/c1-9(2)5-3-4-6(8)10-7/h3-5,8,10H2,1-2H3. The van der Waals surface area contributed by atoms with Gasteiger partial charge in [0, 0.05) is 0 Å². The molecular formula is C6H16FN2Si. The largest absolute Gasteiger partial charge is 0.324 e. The fraction of sp³-hybridized carbons (Fsp3) is 0.833. The van der Waals surface area contributed by atoms with Crippen LogP contribution in [0.2, 0.25) is 0 Å². The first-order valence-electron chi connectivity index (χ1n) is 3.47. The predicted octanol–water partition coefficient (Wildman–Crippen LogP) is -0.170. The number of hydrogen-bond donors (Lipinski definition) is 1. The van der Waals surface area contributed by atoms with Gasteiger partial charge in [-0.1, -0.05) is 0 Å². The van der Waals surface area contributed by atoms with E-state index in [2.05, 4.69) is 4.90 Å². The SMILES string of the molecule is CN(C)CCC[C](N)[SiH2]F.